The van der Waals surface area contributed by atoms with E-state index in [2.05, 4.69) is 0 Å². The molecule has 0 aliphatic carbocycles. The molecule has 3 rings (SSSR count). The Bertz CT molecular complexity index is 757. The normalized spacial score (nSPS) is 20.7. The highest BCUT2D eigenvalue weighted by Gasteiger charge is 2.49. The van der Waals surface area contributed by atoms with Gasteiger partial charge in [-0.3, -0.25) is 9.59 Å². The number of hydrogen-bond acceptors (Lipinski definition) is 3. The van der Waals surface area contributed by atoms with E-state index in [1.165, 1.54) is 0 Å². The van der Waals surface area contributed by atoms with Crippen LogP contribution in [0.4, 0.5) is 0 Å². The summed E-state index contributed by atoms with van der Waals surface area (Å²) >= 11 is 12.0. The van der Waals surface area contributed by atoms with Gasteiger partial charge in [0, 0.05) is 27.6 Å². The van der Waals surface area contributed by atoms with Crippen molar-refractivity contribution in [3.05, 3.63) is 69.7 Å². The van der Waals surface area contributed by atoms with Gasteiger partial charge in [0.05, 0.1) is 6.42 Å². The summed E-state index contributed by atoms with van der Waals surface area (Å²) in [7, 11) is 0. The van der Waals surface area contributed by atoms with Crippen LogP contribution in [0.25, 0.3) is 0 Å². The minimum atomic E-state index is -1.33. The van der Waals surface area contributed by atoms with Crippen molar-refractivity contribution in [3.8, 4) is 0 Å². The van der Waals surface area contributed by atoms with Gasteiger partial charge in [0.2, 0.25) is 5.78 Å². The molecule has 0 amide bonds. The molecule has 0 radical (unpaired) electrons. The van der Waals surface area contributed by atoms with Crippen LogP contribution in [0.2, 0.25) is 10.0 Å². The van der Waals surface area contributed by atoms with Gasteiger partial charge in [-0.05, 0) is 24.3 Å². The lowest BCUT2D eigenvalue weighted by Crippen LogP contribution is -2.35. The summed E-state index contributed by atoms with van der Waals surface area (Å²) in [5.41, 5.74) is -0.342. The lowest BCUT2D eigenvalue weighted by Gasteiger charge is -2.27. The Hall–Kier alpha value is -1.84. The van der Waals surface area contributed by atoms with Gasteiger partial charge in [0.15, 0.2) is 5.60 Å². The van der Waals surface area contributed by atoms with Crippen molar-refractivity contribution in [2.75, 3.05) is 0 Å². The Morgan fingerprint density at radius 2 is 1.73 bits per heavy atom. The maximum atomic E-state index is 13.0. The number of carbonyl (C=O) groups is 2. The molecule has 1 saturated heterocycles. The minimum absolute atomic E-state index is 0.193. The monoisotopic (exact) mass is 334 g/mol. The second kappa shape index (κ2) is 5.75. The van der Waals surface area contributed by atoms with Crippen LogP contribution in [0.5, 0.6) is 0 Å². The summed E-state index contributed by atoms with van der Waals surface area (Å²) in [5.74, 6) is -0.682. The molecule has 1 unspecified atom stereocenters. The van der Waals surface area contributed by atoms with Crippen molar-refractivity contribution in [1.82, 2.24) is 0 Å². The van der Waals surface area contributed by atoms with E-state index < -0.39 is 11.6 Å². The molecule has 0 saturated carbocycles. The summed E-state index contributed by atoms with van der Waals surface area (Å²) in [6, 6.07) is 13.4. The Kier molecular flexibility index (Phi) is 3.94. The first-order valence-corrected chi connectivity index (χ1v) is 7.55. The second-order valence-corrected chi connectivity index (χ2v) is 6.02. The smallest absolute Gasteiger partial charge is 0.307 e. The SMILES string of the molecule is O=C1CCC(C(=O)c2cccc(Cl)c2)(c2cccc(Cl)c2)O1. The number of ketones is 1. The molecular weight excluding hydrogens is 323 g/mol. The molecule has 5 heteroatoms. The molecule has 112 valence electrons. The van der Waals surface area contributed by atoms with Gasteiger partial charge in [0.25, 0.3) is 0 Å². The maximum Gasteiger partial charge on any atom is 0.307 e. The Morgan fingerprint density at radius 1 is 1.05 bits per heavy atom. The van der Waals surface area contributed by atoms with Crippen molar-refractivity contribution in [3.63, 3.8) is 0 Å². The third-order valence-electron chi connectivity index (χ3n) is 3.71. The molecule has 1 aliphatic heterocycles. The Balaban J connectivity index is 2.11. The standard InChI is InChI=1S/C17H12Cl2O3/c18-13-5-1-3-11(9-13)16(21)17(8-7-15(20)22-17)12-4-2-6-14(19)10-12/h1-6,9-10H,7-8H2. The fourth-order valence-electron chi connectivity index (χ4n) is 2.67. The predicted molar refractivity (Wildman–Crippen MR) is 84.2 cm³/mol. The molecule has 2 aromatic carbocycles. The number of ether oxygens (including phenoxy) is 1. The quantitative estimate of drug-likeness (QED) is 0.616. The van der Waals surface area contributed by atoms with Crippen molar-refractivity contribution < 1.29 is 14.3 Å². The van der Waals surface area contributed by atoms with Crippen LogP contribution in [-0.4, -0.2) is 11.8 Å². The van der Waals surface area contributed by atoms with Gasteiger partial charge in [-0.15, -0.1) is 0 Å². The zero-order valence-corrected chi connectivity index (χ0v) is 13.0. The summed E-state index contributed by atoms with van der Waals surface area (Å²) in [4.78, 5) is 24.7. The number of benzene rings is 2. The van der Waals surface area contributed by atoms with Crippen molar-refractivity contribution >= 4 is 35.0 Å². The summed E-state index contributed by atoms with van der Waals surface area (Å²) < 4.78 is 5.46. The average Bonchev–Trinajstić information content (AvgIpc) is 2.90. The number of hydrogen-bond donors (Lipinski definition) is 0. The van der Waals surface area contributed by atoms with Crippen LogP contribution >= 0.6 is 23.2 Å². The molecule has 0 bridgehead atoms. The molecule has 1 aliphatic rings. The zero-order chi connectivity index (χ0) is 15.7. The first-order valence-electron chi connectivity index (χ1n) is 6.79. The van der Waals surface area contributed by atoms with Crippen LogP contribution in [0, 0.1) is 0 Å². The molecule has 1 atom stereocenters. The van der Waals surface area contributed by atoms with Gasteiger partial charge < -0.3 is 4.74 Å². The number of esters is 1. The molecular formula is C17H12Cl2O3. The highest BCUT2D eigenvalue weighted by atomic mass is 35.5. The molecule has 0 spiro atoms. The van der Waals surface area contributed by atoms with Gasteiger partial charge in [-0.25, -0.2) is 0 Å². The second-order valence-electron chi connectivity index (χ2n) is 5.15. The van der Waals surface area contributed by atoms with Gasteiger partial charge in [-0.1, -0.05) is 47.5 Å². The average molecular weight is 335 g/mol. The van der Waals surface area contributed by atoms with Crippen LogP contribution in [-0.2, 0) is 15.1 Å². The molecule has 1 fully saturated rings. The third kappa shape index (κ3) is 2.62. The number of halogens is 2. The molecule has 22 heavy (non-hydrogen) atoms. The fraction of sp³-hybridized carbons (Fsp3) is 0.176. The summed E-state index contributed by atoms with van der Waals surface area (Å²) in [5, 5.41) is 0.940. The highest BCUT2D eigenvalue weighted by Crippen LogP contribution is 2.40. The predicted octanol–water partition coefficient (Wildman–Crippen LogP) is 4.41. The van der Waals surface area contributed by atoms with Crippen molar-refractivity contribution in [2.24, 2.45) is 0 Å². The van der Waals surface area contributed by atoms with Gasteiger partial charge in [-0.2, -0.15) is 0 Å². The van der Waals surface area contributed by atoms with Crippen molar-refractivity contribution in [1.29, 1.82) is 0 Å². The first-order chi connectivity index (χ1) is 10.5. The van der Waals surface area contributed by atoms with Crippen LogP contribution in [0.3, 0.4) is 0 Å². The van der Waals surface area contributed by atoms with Crippen LogP contribution < -0.4 is 0 Å². The van der Waals surface area contributed by atoms with Crippen LogP contribution in [0.1, 0.15) is 28.8 Å². The fourth-order valence-corrected chi connectivity index (χ4v) is 3.05. The van der Waals surface area contributed by atoms with E-state index in [0.717, 1.165) is 0 Å². The zero-order valence-electron chi connectivity index (χ0n) is 11.5. The van der Waals surface area contributed by atoms with Crippen LogP contribution in [0.15, 0.2) is 48.5 Å². The van der Waals surface area contributed by atoms with E-state index in [0.29, 0.717) is 21.2 Å². The van der Waals surface area contributed by atoms with E-state index in [1.807, 2.05) is 0 Å². The van der Waals surface area contributed by atoms with E-state index in [9.17, 15) is 9.59 Å². The van der Waals surface area contributed by atoms with E-state index in [1.54, 1.807) is 48.5 Å². The molecule has 2 aromatic rings. The van der Waals surface area contributed by atoms with Gasteiger partial charge in [0.1, 0.15) is 0 Å². The molecule has 0 aromatic heterocycles. The third-order valence-corrected chi connectivity index (χ3v) is 4.18. The maximum absolute atomic E-state index is 13.0. The lowest BCUT2D eigenvalue weighted by atomic mass is 9.83. The minimum Gasteiger partial charge on any atom is -0.446 e. The number of carbonyl (C=O) groups excluding carboxylic acids is 2. The molecule has 3 nitrogen and oxygen atoms in total. The van der Waals surface area contributed by atoms with E-state index in [4.69, 9.17) is 27.9 Å². The first kappa shape index (κ1) is 15.1. The Morgan fingerprint density at radius 3 is 2.32 bits per heavy atom. The Labute approximate surface area is 137 Å². The summed E-state index contributed by atoms with van der Waals surface area (Å²) in [6.07, 6.45) is 0.482. The largest absolute Gasteiger partial charge is 0.446 e. The lowest BCUT2D eigenvalue weighted by molar-refractivity contribution is -0.146. The van der Waals surface area contributed by atoms with E-state index >= 15 is 0 Å². The number of rotatable bonds is 3. The molecule has 0 N–H and O–H groups in total. The highest BCUT2D eigenvalue weighted by molar-refractivity contribution is 6.31. The van der Waals surface area contributed by atoms with Crippen molar-refractivity contribution in [2.45, 2.75) is 18.4 Å². The topological polar surface area (TPSA) is 43.4 Å². The summed E-state index contributed by atoms with van der Waals surface area (Å²) in [6.45, 7) is 0. The number of Topliss-reactive ketones (excluding diaryl/α,β-unsaturated/α-hetero) is 1. The van der Waals surface area contributed by atoms with Gasteiger partial charge >= 0.3 is 5.97 Å². The van der Waals surface area contributed by atoms with E-state index in [-0.39, 0.29) is 18.6 Å². The number of cyclic esters (lactones) is 1. The molecule has 1 heterocycles.